The van der Waals surface area contributed by atoms with Crippen molar-refractivity contribution in [2.24, 2.45) is 0 Å². The number of ether oxygens (including phenoxy) is 1. The van der Waals surface area contributed by atoms with Crippen molar-refractivity contribution in [2.45, 2.75) is 6.42 Å². The molecule has 10 nitrogen and oxygen atoms in total. The average Bonchev–Trinajstić information content (AvgIpc) is 3.69. The van der Waals surface area contributed by atoms with Crippen molar-refractivity contribution in [1.29, 1.82) is 0 Å². The molecular formula is C36H31FN8O2. The van der Waals surface area contributed by atoms with E-state index in [9.17, 15) is 9.18 Å². The van der Waals surface area contributed by atoms with Crippen LogP contribution in [0.3, 0.4) is 0 Å². The van der Waals surface area contributed by atoms with Gasteiger partial charge in [0.05, 0.1) is 35.2 Å². The van der Waals surface area contributed by atoms with Crippen LogP contribution in [-0.4, -0.2) is 68.2 Å². The summed E-state index contributed by atoms with van der Waals surface area (Å²) in [7, 11) is 3.92. The second-order valence-electron chi connectivity index (χ2n) is 11.5. The predicted molar refractivity (Wildman–Crippen MR) is 180 cm³/mol. The molecule has 47 heavy (non-hydrogen) atoms. The third kappa shape index (κ3) is 6.56. The van der Waals surface area contributed by atoms with Crippen LogP contribution in [0.25, 0.3) is 55.8 Å². The summed E-state index contributed by atoms with van der Waals surface area (Å²) in [6, 6.07) is 23.7. The van der Waals surface area contributed by atoms with E-state index in [0.717, 1.165) is 27.6 Å². The number of nitrogens with one attached hydrogen (secondary N) is 3. The number of carbonyl (C=O) groups excluding carboxylic acids is 1. The Hall–Kier alpha value is -5.94. The highest BCUT2D eigenvalue weighted by Crippen LogP contribution is 2.35. The Labute approximate surface area is 269 Å². The summed E-state index contributed by atoms with van der Waals surface area (Å²) in [6.07, 6.45) is 5.27. The first kappa shape index (κ1) is 29.8. The molecule has 5 heterocycles. The van der Waals surface area contributed by atoms with E-state index in [1.165, 1.54) is 12.1 Å². The number of rotatable bonds is 10. The summed E-state index contributed by atoms with van der Waals surface area (Å²) in [5.74, 6) is -0.0480. The van der Waals surface area contributed by atoms with Crippen LogP contribution < -0.4 is 10.1 Å². The number of carbonyl (C=O) groups is 1. The van der Waals surface area contributed by atoms with Crippen molar-refractivity contribution in [3.05, 3.63) is 109 Å². The van der Waals surface area contributed by atoms with Gasteiger partial charge in [0.25, 0.3) is 0 Å². The quantitative estimate of drug-likeness (QED) is 0.159. The molecule has 0 radical (unpaired) electrons. The molecule has 0 aliphatic carbocycles. The van der Waals surface area contributed by atoms with Gasteiger partial charge in [0, 0.05) is 36.0 Å². The summed E-state index contributed by atoms with van der Waals surface area (Å²) in [5, 5.41) is 11.4. The van der Waals surface area contributed by atoms with E-state index in [1.807, 2.05) is 85.7 Å². The lowest BCUT2D eigenvalue weighted by atomic mass is 10.0. The fraction of sp³-hybridized carbons (Fsp3) is 0.139. The zero-order valence-electron chi connectivity index (χ0n) is 25.8. The molecular weight excluding hydrogens is 595 g/mol. The molecule has 0 aliphatic rings. The lowest BCUT2D eigenvalue weighted by Gasteiger charge is -2.12. The first-order chi connectivity index (χ1) is 22.9. The number of likely N-dealkylation sites (N-methyl/N-ethyl adjacent to an activating group) is 1. The monoisotopic (exact) mass is 626 g/mol. The van der Waals surface area contributed by atoms with E-state index in [1.54, 1.807) is 18.6 Å². The molecule has 0 unspecified atom stereocenters. The van der Waals surface area contributed by atoms with E-state index in [2.05, 4.69) is 30.5 Å². The van der Waals surface area contributed by atoms with Crippen molar-refractivity contribution in [3.8, 4) is 39.5 Å². The van der Waals surface area contributed by atoms with Crippen LogP contribution in [-0.2, 0) is 11.2 Å². The molecule has 7 aromatic rings. The van der Waals surface area contributed by atoms with Crippen molar-refractivity contribution < 1.29 is 13.9 Å². The fourth-order valence-corrected chi connectivity index (χ4v) is 5.44. The highest BCUT2D eigenvalue weighted by Gasteiger charge is 2.17. The molecule has 11 heteroatoms. The third-order valence-corrected chi connectivity index (χ3v) is 7.71. The van der Waals surface area contributed by atoms with E-state index < -0.39 is 0 Å². The number of fused-ring (bicyclic) bond motifs is 2. The summed E-state index contributed by atoms with van der Waals surface area (Å²) in [4.78, 5) is 31.8. The first-order valence-corrected chi connectivity index (χ1v) is 15.1. The molecule has 3 N–H and O–H groups in total. The maximum Gasteiger partial charge on any atom is 0.228 e. The van der Waals surface area contributed by atoms with Crippen LogP contribution in [0.1, 0.15) is 5.56 Å². The van der Waals surface area contributed by atoms with Gasteiger partial charge in [-0.05, 0) is 73.3 Å². The second kappa shape index (κ2) is 12.8. The van der Waals surface area contributed by atoms with Gasteiger partial charge in [0.15, 0.2) is 0 Å². The topological polar surface area (TPSA) is 125 Å². The van der Waals surface area contributed by atoms with Gasteiger partial charge in [-0.1, -0.05) is 30.3 Å². The van der Waals surface area contributed by atoms with Crippen LogP contribution in [0.5, 0.6) is 5.75 Å². The molecule has 0 spiro atoms. The number of aromatic nitrogens is 6. The van der Waals surface area contributed by atoms with E-state index in [0.29, 0.717) is 58.4 Å². The number of amides is 1. The molecule has 2 aromatic carbocycles. The molecule has 0 saturated carbocycles. The number of aromatic amines is 2. The number of nitrogens with zero attached hydrogens (tertiary/aromatic N) is 5. The molecule has 0 fully saturated rings. The van der Waals surface area contributed by atoms with Crippen LogP contribution in [0.15, 0.2) is 97.5 Å². The molecule has 7 rings (SSSR count). The van der Waals surface area contributed by atoms with Gasteiger partial charge >= 0.3 is 0 Å². The number of pyridine rings is 3. The summed E-state index contributed by atoms with van der Waals surface area (Å²) in [5.41, 5.74) is 7.75. The standard InChI is InChI=1S/C36H31FN8O2/c1-45(2)12-13-47-27-17-23(15-25(37)18-27)28-10-11-39-36-29(28)19-32(42-36)35-34-31(43-44-35)9-8-30(41-34)24-16-26(21-38-20-24)40-33(46)14-22-6-4-3-5-7-22/h3-11,15-21H,12-14H2,1-2H3,(H,39,42)(H,40,46)(H,43,44). The summed E-state index contributed by atoms with van der Waals surface area (Å²) in [6.45, 7) is 1.16. The lowest BCUT2D eigenvalue weighted by molar-refractivity contribution is -0.115. The van der Waals surface area contributed by atoms with Crippen LogP contribution in [0.4, 0.5) is 10.1 Å². The van der Waals surface area contributed by atoms with Gasteiger partial charge in [-0.2, -0.15) is 5.10 Å². The van der Waals surface area contributed by atoms with Gasteiger partial charge in [-0.3, -0.25) is 14.9 Å². The van der Waals surface area contributed by atoms with Crippen molar-refractivity contribution in [3.63, 3.8) is 0 Å². The highest BCUT2D eigenvalue weighted by molar-refractivity contribution is 5.99. The number of H-pyrrole nitrogens is 2. The SMILES string of the molecule is CN(C)CCOc1cc(F)cc(-c2ccnc3[nH]c(-c4n[nH]c5ccc(-c6cncc(NC(=O)Cc7ccccc7)c6)nc45)cc23)c1. The molecule has 1 amide bonds. The molecule has 234 valence electrons. The van der Waals surface area contributed by atoms with Crippen molar-refractivity contribution in [2.75, 3.05) is 32.6 Å². The average molecular weight is 627 g/mol. The summed E-state index contributed by atoms with van der Waals surface area (Å²) >= 11 is 0. The zero-order valence-corrected chi connectivity index (χ0v) is 25.8. The molecule has 0 aliphatic heterocycles. The van der Waals surface area contributed by atoms with Gasteiger partial charge in [0.2, 0.25) is 5.91 Å². The number of hydrogen-bond donors (Lipinski definition) is 3. The number of benzene rings is 2. The summed E-state index contributed by atoms with van der Waals surface area (Å²) < 4.78 is 20.5. The van der Waals surface area contributed by atoms with Gasteiger partial charge < -0.3 is 19.9 Å². The van der Waals surface area contributed by atoms with Crippen molar-refractivity contribution >= 4 is 33.7 Å². The molecule has 0 bridgehead atoms. The Kier molecular flexibility index (Phi) is 8.11. The number of hydrogen-bond acceptors (Lipinski definition) is 7. The predicted octanol–water partition coefficient (Wildman–Crippen LogP) is 6.49. The molecule has 0 atom stereocenters. The zero-order chi connectivity index (χ0) is 32.3. The van der Waals surface area contributed by atoms with Gasteiger partial charge in [-0.25, -0.2) is 14.4 Å². The maximum absolute atomic E-state index is 14.7. The minimum absolute atomic E-state index is 0.131. The van der Waals surface area contributed by atoms with E-state index in [-0.39, 0.29) is 18.1 Å². The Morgan fingerprint density at radius 3 is 2.70 bits per heavy atom. The second-order valence-corrected chi connectivity index (χ2v) is 11.5. The largest absolute Gasteiger partial charge is 0.492 e. The highest BCUT2D eigenvalue weighted by atomic mass is 19.1. The Morgan fingerprint density at radius 1 is 0.979 bits per heavy atom. The number of anilines is 1. The normalized spacial score (nSPS) is 11.4. The smallest absolute Gasteiger partial charge is 0.228 e. The minimum atomic E-state index is -0.382. The van der Waals surface area contributed by atoms with Gasteiger partial charge in [0.1, 0.15) is 35.0 Å². The van der Waals surface area contributed by atoms with Crippen LogP contribution >= 0.6 is 0 Å². The van der Waals surface area contributed by atoms with Crippen LogP contribution in [0, 0.1) is 5.82 Å². The van der Waals surface area contributed by atoms with Crippen molar-refractivity contribution in [1.82, 2.24) is 35.0 Å². The Bertz CT molecular complexity index is 2210. The third-order valence-electron chi connectivity index (χ3n) is 7.71. The fourth-order valence-electron chi connectivity index (χ4n) is 5.44. The Balaban J connectivity index is 1.18. The molecule has 0 saturated heterocycles. The Morgan fingerprint density at radius 2 is 1.85 bits per heavy atom. The number of halogens is 1. The van der Waals surface area contributed by atoms with E-state index >= 15 is 0 Å². The van der Waals surface area contributed by atoms with Crippen LogP contribution in [0.2, 0.25) is 0 Å². The molecule has 5 aromatic heterocycles. The minimum Gasteiger partial charge on any atom is -0.492 e. The van der Waals surface area contributed by atoms with E-state index in [4.69, 9.17) is 9.72 Å². The first-order valence-electron chi connectivity index (χ1n) is 15.1. The van der Waals surface area contributed by atoms with Gasteiger partial charge in [-0.15, -0.1) is 0 Å². The lowest BCUT2D eigenvalue weighted by Crippen LogP contribution is -2.19. The maximum atomic E-state index is 14.7.